The van der Waals surface area contributed by atoms with Gasteiger partial charge in [-0.1, -0.05) is 38.1 Å². The van der Waals surface area contributed by atoms with Gasteiger partial charge in [-0.25, -0.2) is 0 Å². The summed E-state index contributed by atoms with van der Waals surface area (Å²) in [5.74, 6) is 1.36. The van der Waals surface area contributed by atoms with Gasteiger partial charge in [0.05, 0.1) is 5.69 Å². The minimum atomic E-state index is 0.417. The first-order valence-corrected chi connectivity index (χ1v) is 9.48. The van der Waals surface area contributed by atoms with E-state index in [-0.39, 0.29) is 0 Å². The van der Waals surface area contributed by atoms with Gasteiger partial charge < -0.3 is 10.2 Å². The van der Waals surface area contributed by atoms with E-state index in [0.717, 1.165) is 37.7 Å². The third-order valence-corrected chi connectivity index (χ3v) is 4.49. The smallest absolute Gasteiger partial charge is 0.193 e. The summed E-state index contributed by atoms with van der Waals surface area (Å²) in [6.07, 6.45) is 3.07. The summed E-state index contributed by atoms with van der Waals surface area (Å²) in [7, 11) is 4.07. The molecule has 0 aliphatic heterocycles. The number of benzene rings is 1. The molecule has 0 aliphatic rings. The Kier molecular flexibility index (Phi) is 7.25. The van der Waals surface area contributed by atoms with Crippen LogP contribution in [0.25, 0.3) is 0 Å². The fraction of sp³-hybridized carbons (Fsp3) is 0.524. The van der Waals surface area contributed by atoms with Gasteiger partial charge in [0, 0.05) is 45.5 Å². The molecule has 1 aromatic heterocycles. The largest absolute Gasteiger partial charge is 0.357 e. The lowest BCUT2D eigenvalue weighted by molar-refractivity contribution is 0.473. The van der Waals surface area contributed by atoms with Gasteiger partial charge in [0.2, 0.25) is 0 Å². The topological polar surface area (TPSA) is 45.5 Å². The molecule has 5 nitrogen and oxygen atoms in total. The maximum atomic E-state index is 4.83. The van der Waals surface area contributed by atoms with E-state index in [1.165, 1.54) is 16.7 Å². The van der Waals surface area contributed by atoms with Crippen molar-refractivity contribution in [2.75, 3.05) is 20.1 Å². The number of aryl methyl sites for hydroxylation is 2. The summed E-state index contributed by atoms with van der Waals surface area (Å²) >= 11 is 0. The Labute approximate surface area is 158 Å². The van der Waals surface area contributed by atoms with Crippen molar-refractivity contribution < 1.29 is 0 Å². The molecule has 26 heavy (non-hydrogen) atoms. The normalized spacial score (nSPS) is 11.9. The van der Waals surface area contributed by atoms with Crippen molar-refractivity contribution in [2.45, 2.75) is 46.6 Å². The molecule has 1 aromatic carbocycles. The predicted molar refractivity (Wildman–Crippen MR) is 110 cm³/mol. The Bertz CT molecular complexity index is 730. The third kappa shape index (κ3) is 5.35. The van der Waals surface area contributed by atoms with Crippen LogP contribution in [0.2, 0.25) is 0 Å². The molecule has 142 valence electrons. The second-order valence-electron chi connectivity index (χ2n) is 7.14. The van der Waals surface area contributed by atoms with E-state index in [0.29, 0.717) is 5.92 Å². The fourth-order valence-corrected chi connectivity index (χ4v) is 3.14. The molecule has 1 N–H and O–H groups in total. The lowest BCUT2D eigenvalue weighted by Crippen LogP contribution is -2.38. The van der Waals surface area contributed by atoms with Crippen molar-refractivity contribution in [3.8, 4) is 0 Å². The van der Waals surface area contributed by atoms with Crippen molar-refractivity contribution in [2.24, 2.45) is 12.0 Å². The minimum Gasteiger partial charge on any atom is -0.357 e. The highest BCUT2D eigenvalue weighted by molar-refractivity contribution is 5.79. The van der Waals surface area contributed by atoms with Crippen LogP contribution in [0.1, 0.15) is 49.1 Å². The summed E-state index contributed by atoms with van der Waals surface area (Å²) in [5.41, 5.74) is 5.12. The number of rotatable bonds is 7. The van der Waals surface area contributed by atoms with Crippen LogP contribution in [-0.2, 0) is 20.0 Å². The zero-order chi connectivity index (χ0) is 19.1. The van der Waals surface area contributed by atoms with Gasteiger partial charge in [-0.05, 0) is 37.3 Å². The van der Waals surface area contributed by atoms with Crippen molar-refractivity contribution in [1.29, 1.82) is 0 Å². The SMILES string of the molecule is CCNC(=NCCc1ccccc1C)N(C)Cc1cn(C)nc1C(C)C. The highest BCUT2D eigenvalue weighted by Crippen LogP contribution is 2.18. The van der Waals surface area contributed by atoms with Gasteiger partial charge in [-0.15, -0.1) is 0 Å². The van der Waals surface area contributed by atoms with Crippen LogP contribution in [0.3, 0.4) is 0 Å². The van der Waals surface area contributed by atoms with E-state index in [9.17, 15) is 0 Å². The first-order valence-electron chi connectivity index (χ1n) is 9.48. The quantitative estimate of drug-likeness (QED) is 0.611. The molecule has 0 saturated heterocycles. The Morgan fingerprint density at radius 3 is 2.65 bits per heavy atom. The zero-order valence-corrected chi connectivity index (χ0v) is 17.1. The standard InChI is InChI=1S/C21H33N5/c1-7-22-21(23-13-12-18-11-9-8-10-17(18)4)25(5)14-19-15-26(6)24-20(19)16(2)3/h8-11,15-16H,7,12-14H2,1-6H3,(H,22,23). The Morgan fingerprint density at radius 2 is 2.00 bits per heavy atom. The molecule has 0 bridgehead atoms. The molecule has 0 radical (unpaired) electrons. The average molecular weight is 356 g/mol. The molecule has 1 heterocycles. The van der Waals surface area contributed by atoms with Crippen molar-refractivity contribution in [3.63, 3.8) is 0 Å². The van der Waals surface area contributed by atoms with Crippen molar-refractivity contribution in [3.05, 3.63) is 52.8 Å². The number of aliphatic imine (C=N–C) groups is 1. The molecule has 0 aliphatic carbocycles. The lowest BCUT2D eigenvalue weighted by atomic mass is 10.1. The van der Waals surface area contributed by atoms with Crippen LogP contribution in [0.15, 0.2) is 35.5 Å². The second kappa shape index (κ2) is 9.41. The van der Waals surface area contributed by atoms with Crippen LogP contribution in [0.5, 0.6) is 0 Å². The average Bonchev–Trinajstić information content (AvgIpc) is 2.96. The van der Waals surface area contributed by atoms with Gasteiger partial charge >= 0.3 is 0 Å². The highest BCUT2D eigenvalue weighted by atomic mass is 15.3. The molecule has 0 unspecified atom stereocenters. The summed E-state index contributed by atoms with van der Waals surface area (Å²) in [6, 6.07) is 8.53. The molecule has 0 saturated carbocycles. The maximum absolute atomic E-state index is 4.83. The molecular weight excluding hydrogens is 322 g/mol. The lowest BCUT2D eigenvalue weighted by Gasteiger charge is -2.22. The van der Waals surface area contributed by atoms with Gasteiger partial charge in [0.1, 0.15) is 0 Å². The number of nitrogens with zero attached hydrogens (tertiary/aromatic N) is 4. The molecule has 0 fully saturated rings. The van der Waals surface area contributed by atoms with Crippen LogP contribution >= 0.6 is 0 Å². The highest BCUT2D eigenvalue weighted by Gasteiger charge is 2.15. The van der Waals surface area contributed by atoms with E-state index in [4.69, 9.17) is 4.99 Å². The number of guanidine groups is 1. The predicted octanol–water partition coefficient (Wildman–Crippen LogP) is 3.49. The number of nitrogens with one attached hydrogen (secondary N) is 1. The number of hydrogen-bond donors (Lipinski definition) is 1. The van der Waals surface area contributed by atoms with E-state index < -0.39 is 0 Å². The summed E-state index contributed by atoms with van der Waals surface area (Å²) < 4.78 is 1.90. The third-order valence-electron chi connectivity index (χ3n) is 4.49. The van der Waals surface area contributed by atoms with E-state index in [1.807, 2.05) is 11.7 Å². The molecule has 5 heteroatoms. The van der Waals surface area contributed by atoms with Gasteiger partial charge in [-0.3, -0.25) is 9.67 Å². The van der Waals surface area contributed by atoms with E-state index >= 15 is 0 Å². The van der Waals surface area contributed by atoms with Gasteiger partial charge in [-0.2, -0.15) is 5.10 Å². The van der Waals surface area contributed by atoms with Gasteiger partial charge in [0.15, 0.2) is 5.96 Å². The molecular formula is C21H33N5. The first-order chi connectivity index (χ1) is 12.4. The molecule has 2 rings (SSSR count). The first kappa shape index (κ1) is 20.0. The molecule has 0 spiro atoms. The van der Waals surface area contributed by atoms with Crippen LogP contribution in [-0.4, -0.2) is 40.8 Å². The molecule has 2 aromatic rings. The summed E-state index contributed by atoms with van der Waals surface area (Å²) in [6.45, 7) is 11.1. The van der Waals surface area contributed by atoms with Gasteiger partial charge in [0.25, 0.3) is 0 Å². The monoisotopic (exact) mass is 355 g/mol. The summed E-state index contributed by atoms with van der Waals surface area (Å²) in [4.78, 5) is 7.02. The Balaban J connectivity index is 2.07. The van der Waals surface area contributed by atoms with E-state index in [1.54, 1.807) is 0 Å². The van der Waals surface area contributed by atoms with Crippen molar-refractivity contribution in [1.82, 2.24) is 20.0 Å². The van der Waals surface area contributed by atoms with Crippen LogP contribution in [0, 0.1) is 6.92 Å². The molecule has 0 atom stereocenters. The maximum Gasteiger partial charge on any atom is 0.193 e. The fourth-order valence-electron chi connectivity index (χ4n) is 3.14. The Hall–Kier alpha value is -2.30. The number of hydrogen-bond acceptors (Lipinski definition) is 2. The second-order valence-corrected chi connectivity index (χ2v) is 7.14. The van der Waals surface area contributed by atoms with Crippen molar-refractivity contribution >= 4 is 5.96 Å². The zero-order valence-electron chi connectivity index (χ0n) is 17.1. The Morgan fingerprint density at radius 1 is 1.27 bits per heavy atom. The molecule has 0 amide bonds. The summed E-state index contributed by atoms with van der Waals surface area (Å²) in [5, 5.41) is 8.02. The number of aromatic nitrogens is 2. The minimum absolute atomic E-state index is 0.417. The van der Waals surface area contributed by atoms with Crippen LogP contribution in [0.4, 0.5) is 0 Å². The van der Waals surface area contributed by atoms with E-state index in [2.05, 4.69) is 80.5 Å². The van der Waals surface area contributed by atoms with Crippen LogP contribution < -0.4 is 5.32 Å².